The molecular formula is C18H20N2O. The van der Waals surface area contributed by atoms with Crippen LogP contribution in [0.5, 0.6) is 0 Å². The number of hydrogen-bond donors (Lipinski definition) is 1. The molecule has 0 bridgehead atoms. The summed E-state index contributed by atoms with van der Waals surface area (Å²) in [6, 6.07) is 17.5. The summed E-state index contributed by atoms with van der Waals surface area (Å²) >= 11 is 0. The van der Waals surface area contributed by atoms with E-state index in [0.717, 1.165) is 17.7 Å². The minimum Gasteiger partial charge on any atom is -0.387 e. The van der Waals surface area contributed by atoms with E-state index in [1.165, 1.54) is 5.56 Å². The molecular weight excluding hydrogens is 260 g/mol. The van der Waals surface area contributed by atoms with E-state index >= 15 is 0 Å². The number of nitriles is 1. The lowest BCUT2D eigenvalue weighted by molar-refractivity contribution is 0.185. The predicted octanol–water partition coefficient (Wildman–Crippen LogP) is 3.29. The van der Waals surface area contributed by atoms with Gasteiger partial charge in [-0.05, 0) is 41.8 Å². The molecule has 0 spiro atoms. The molecule has 1 atom stereocenters. The van der Waals surface area contributed by atoms with Crippen LogP contribution >= 0.6 is 0 Å². The lowest BCUT2D eigenvalue weighted by Gasteiger charge is -2.23. The lowest BCUT2D eigenvalue weighted by Crippen LogP contribution is -2.24. The van der Waals surface area contributed by atoms with Crippen LogP contribution in [-0.4, -0.2) is 18.7 Å². The summed E-state index contributed by atoms with van der Waals surface area (Å²) in [6.45, 7) is 2.64. The molecule has 0 amide bonds. The zero-order valence-electron chi connectivity index (χ0n) is 12.5. The summed E-state index contributed by atoms with van der Waals surface area (Å²) < 4.78 is 0. The molecule has 0 fully saturated rings. The molecule has 0 aliphatic heterocycles. The van der Waals surface area contributed by atoms with Gasteiger partial charge in [0.25, 0.3) is 0 Å². The molecule has 0 radical (unpaired) electrons. The summed E-state index contributed by atoms with van der Waals surface area (Å²) in [5.41, 5.74) is 3.82. The number of aliphatic hydroxyl groups excluding tert-OH is 1. The Bertz CT molecular complexity index is 611. The van der Waals surface area contributed by atoms with E-state index in [1.54, 1.807) is 24.3 Å². The monoisotopic (exact) mass is 280 g/mol. The van der Waals surface area contributed by atoms with E-state index in [0.29, 0.717) is 12.1 Å². The van der Waals surface area contributed by atoms with E-state index in [-0.39, 0.29) is 0 Å². The van der Waals surface area contributed by atoms with Crippen LogP contribution in [0.25, 0.3) is 0 Å². The predicted molar refractivity (Wildman–Crippen MR) is 85.2 cm³/mol. The second kappa shape index (κ2) is 6.92. The van der Waals surface area contributed by atoms with Crippen molar-refractivity contribution in [3.05, 3.63) is 65.2 Å². The third-order valence-electron chi connectivity index (χ3n) is 3.66. The van der Waals surface area contributed by atoms with Crippen molar-refractivity contribution in [1.29, 1.82) is 5.26 Å². The Labute approximate surface area is 126 Å². The molecule has 0 saturated heterocycles. The maximum Gasteiger partial charge on any atom is 0.0991 e. The Balaban J connectivity index is 2.03. The minimum atomic E-state index is -0.575. The van der Waals surface area contributed by atoms with Gasteiger partial charge in [-0.2, -0.15) is 5.26 Å². The lowest BCUT2D eigenvalue weighted by atomic mass is 10.1. The van der Waals surface area contributed by atoms with E-state index in [9.17, 15) is 5.11 Å². The standard InChI is InChI=1S/C18H20N2O/c1-3-14-6-10-17(11-7-14)20(2)13-18(21)16-8-4-15(12-19)5-9-16/h4-11,18,21H,3,13H2,1-2H3. The number of nitrogens with zero attached hydrogens (tertiary/aromatic N) is 2. The van der Waals surface area contributed by atoms with Gasteiger partial charge in [-0.3, -0.25) is 0 Å². The Morgan fingerprint density at radius 3 is 2.24 bits per heavy atom. The van der Waals surface area contributed by atoms with Crippen LogP contribution < -0.4 is 4.90 Å². The molecule has 1 N–H and O–H groups in total. The smallest absolute Gasteiger partial charge is 0.0991 e. The Morgan fingerprint density at radius 2 is 1.71 bits per heavy atom. The number of anilines is 1. The molecule has 2 aromatic rings. The van der Waals surface area contributed by atoms with Crippen LogP contribution in [0.2, 0.25) is 0 Å². The maximum absolute atomic E-state index is 10.3. The van der Waals surface area contributed by atoms with Crippen molar-refractivity contribution in [3.8, 4) is 6.07 Å². The van der Waals surface area contributed by atoms with Gasteiger partial charge in [-0.25, -0.2) is 0 Å². The van der Waals surface area contributed by atoms with Crippen LogP contribution in [0.3, 0.4) is 0 Å². The number of aliphatic hydroxyl groups is 1. The van der Waals surface area contributed by atoms with Crippen LogP contribution in [-0.2, 0) is 6.42 Å². The zero-order chi connectivity index (χ0) is 15.2. The Hall–Kier alpha value is -2.31. The SMILES string of the molecule is CCc1ccc(N(C)CC(O)c2ccc(C#N)cc2)cc1. The quantitative estimate of drug-likeness (QED) is 0.914. The first-order chi connectivity index (χ1) is 10.1. The fourth-order valence-corrected chi connectivity index (χ4v) is 2.24. The normalized spacial score (nSPS) is 11.7. The van der Waals surface area contributed by atoms with E-state index in [2.05, 4.69) is 37.3 Å². The van der Waals surface area contributed by atoms with Gasteiger partial charge in [0.2, 0.25) is 0 Å². The van der Waals surface area contributed by atoms with Crippen molar-refractivity contribution in [1.82, 2.24) is 0 Å². The van der Waals surface area contributed by atoms with Gasteiger partial charge in [0, 0.05) is 19.3 Å². The summed E-state index contributed by atoms with van der Waals surface area (Å²) in [7, 11) is 1.97. The van der Waals surface area contributed by atoms with Crippen LogP contribution in [0.4, 0.5) is 5.69 Å². The first-order valence-corrected chi connectivity index (χ1v) is 7.12. The number of likely N-dealkylation sites (N-methyl/N-ethyl adjacent to an activating group) is 1. The van der Waals surface area contributed by atoms with Crippen LogP contribution in [0, 0.1) is 11.3 Å². The van der Waals surface area contributed by atoms with E-state index < -0.39 is 6.10 Å². The first-order valence-electron chi connectivity index (χ1n) is 7.12. The van der Waals surface area contributed by atoms with Gasteiger partial charge < -0.3 is 10.0 Å². The van der Waals surface area contributed by atoms with Crippen molar-refractivity contribution in [2.24, 2.45) is 0 Å². The summed E-state index contributed by atoms with van der Waals surface area (Å²) in [4.78, 5) is 2.03. The average Bonchev–Trinajstić information content (AvgIpc) is 2.55. The highest BCUT2D eigenvalue weighted by molar-refractivity contribution is 5.47. The summed E-state index contributed by atoms with van der Waals surface area (Å²) in [5, 5.41) is 19.1. The Kier molecular flexibility index (Phi) is 4.97. The highest BCUT2D eigenvalue weighted by atomic mass is 16.3. The molecule has 2 aromatic carbocycles. The third kappa shape index (κ3) is 3.84. The number of rotatable bonds is 5. The fourth-order valence-electron chi connectivity index (χ4n) is 2.24. The minimum absolute atomic E-state index is 0.511. The molecule has 0 aliphatic carbocycles. The van der Waals surface area contributed by atoms with Gasteiger partial charge in [0.15, 0.2) is 0 Å². The molecule has 0 aliphatic rings. The highest BCUT2D eigenvalue weighted by Gasteiger charge is 2.11. The third-order valence-corrected chi connectivity index (χ3v) is 3.66. The second-order valence-electron chi connectivity index (χ2n) is 5.15. The number of aryl methyl sites for hydroxylation is 1. The molecule has 0 heterocycles. The Morgan fingerprint density at radius 1 is 1.10 bits per heavy atom. The maximum atomic E-state index is 10.3. The fraction of sp³-hybridized carbons (Fsp3) is 0.278. The molecule has 0 saturated carbocycles. The van der Waals surface area contributed by atoms with Gasteiger partial charge in [0.05, 0.1) is 17.7 Å². The average molecular weight is 280 g/mol. The number of hydrogen-bond acceptors (Lipinski definition) is 3. The van der Waals surface area contributed by atoms with Crippen molar-refractivity contribution in [2.75, 3.05) is 18.5 Å². The topological polar surface area (TPSA) is 47.3 Å². The first kappa shape index (κ1) is 15.1. The number of benzene rings is 2. The summed E-state index contributed by atoms with van der Waals surface area (Å²) in [5.74, 6) is 0. The van der Waals surface area contributed by atoms with Crippen molar-refractivity contribution < 1.29 is 5.11 Å². The van der Waals surface area contributed by atoms with E-state index in [1.807, 2.05) is 11.9 Å². The zero-order valence-corrected chi connectivity index (χ0v) is 12.5. The van der Waals surface area contributed by atoms with Crippen LogP contribution in [0.1, 0.15) is 29.7 Å². The molecule has 108 valence electrons. The van der Waals surface area contributed by atoms with Crippen molar-refractivity contribution in [2.45, 2.75) is 19.4 Å². The van der Waals surface area contributed by atoms with Gasteiger partial charge in [-0.1, -0.05) is 31.2 Å². The van der Waals surface area contributed by atoms with Crippen molar-refractivity contribution >= 4 is 5.69 Å². The molecule has 21 heavy (non-hydrogen) atoms. The van der Waals surface area contributed by atoms with Gasteiger partial charge in [0.1, 0.15) is 0 Å². The summed E-state index contributed by atoms with van der Waals surface area (Å²) in [6.07, 6.45) is 0.450. The largest absolute Gasteiger partial charge is 0.387 e. The second-order valence-corrected chi connectivity index (χ2v) is 5.15. The molecule has 3 heteroatoms. The molecule has 1 unspecified atom stereocenters. The van der Waals surface area contributed by atoms with Crippen molar-refractivity contribution in [3.63, 3.8) is 0 Å². The van der Waals surface area contributed by atoms with Gasteiger partial charge >= 0.3 is 0 Å². The molecule has 0 aromatic heterocycles. The highest BCUT2D eigenvalue weighted by Crippen LogP contribution is 2.19. The molecule has 3 nitrogen and oxygen atoms in total. The molecule has 2 rings (SSSR count). The van der Waals surface area contributed by atoms with E-state index in [4.69, 9.17) is 5.26 Å². The van der Waals surface area contributed by atoms with Gasteiger partial charge in [-0.15, -0.1) is 0 Å². The van der Waals surface area contributed by atoms with Crippen LogP contribution in [0.15, 0.2) is 48.5 Å².